The van der Waals surface area contributed by atoms with Crippen LogP contribution >= 0.6 is 0 Å². The Morgan fingerprint density at radius 3 is 1.94 bits per heavy atom. The van der Waals surface area contributed by atoms with E-state index in [0.29, 0.717) is 0 Å². The van der Waals surface area contributed by atoms with Crippen molar-refractivity contribution in [2.45, 2.75) is 12.5 Å². The van der Waals surface area contributed by atoms with E-state index in [2.05, 4.69) is 0 Å². The van der Waals surface area contributed by atoms with Crippen molar-refractivity contribution in [1.82, 2.24) is 0 Å². The van der Waals surface area contributed by atoms with Crippen molar-refractivity contribution in [3.05, 3.63) is 29.8 Å². The summed E-state index contributed by atoms with van der Waals surface area (Å²) in [7, 11) is 2.35. The minimum absolute atomic E-state index is 0.275. The Bertz CT molecular complexity index is 300. The third-order valence-corrected chi connectivity index (χ3v) is 5.32. The first-order valence-corrected chi connectivity index (χ1v) is 7.02. The van der Waals surface area contributed by atoms with E-state index in [4.69, 9.17) is 18.4 Å². The van der Waals surface area contributed by atoms with Crippen LogP contribution in [0.1, 0.15) is 5.56 Å². The third kappa shape index (κ3) is 3.31. The second kappa shape index (κ2) is 6.00. The average Bonchev–Trinajstić information content (AvgIpc) is 2.34. The molecule has 0 aliphatic heterocycles. The summed E-state index contributed by atoms with van der Waals surface area (Å²) in [5.41, 5.74) is 1.13. The minimum atomic E-state index is -2.48. The van der Waals surface area contributed by atoms with E-state index in [9.17, 15) is 0 Å². The minimum Gasteiger partial charge on any atom is -0.508 e. The van der Waals surface area contributed by atoms with Gasteiger partial charge in [-0.15, -0.1) is 0 Å². The van der Waals surface area contributed by atoms with Gasteiger partial charge in [-0.3, -0.25) is 0 Å². The molecule has 0 heterocycles. The van der Waals surface area contributed by atoms with Crippen LogP contribution in [0.2, 0.25) is 6.04 Å². The lowest BCUT2D eigenvalue weighted by atomic mass is 10.2. The standard InChI is InChI=1S/C11H18O4Si/c1-13-16(14-2,15-3)9-8-10-4-6-11(12)7-5-10/h4-7,12H,8-9H2,1-3H3. The van der Waals surface area contributed by atoms with Crippen molar-refractivity contribution < 1.29 is 18.4 Å². The Morgan fingerprint density at radius 1 is 1.00 bits per heavy atom. The highest BCUT2D eigenvalue weighted by Gasteiger charge is 2.36. The first kappa shape index (κ1) is 13.2. The molecule has 5 heteroatoms. The van der Waals surface area contributed by atoms with E-state index in [-0.39, 0.29) is 5.75 Å². The number of aryl methyl sites for hydroxylation is 1. The molecule has 16 heavy (non-hydrogen) atoms. The quantitative estimate of drug-likeness (QED) is 0.773. The molecule has 0 saturated carbocycles. The first-order chi connectivity index (χ1) is 7.65. The van der Waals surface area contributed by atoms with Gasteiger partial charge in [-0.05, 0) is 24.1 Å². The van der Waals surface area contributed by atoms with E-state index in [1.54, 1.807) is 33.5 Å². The first-order valence-electron chi connectivity index (χ1n) is 5.09. The Labute approximate surface area is 97.1 Å². The molecule has 0 aliphatic rings. The molecule has 0 fully saturated rings. The number of rotatable bonds is 6. The number of phenols is 1. The van der Waals surface area contributed by atoms with Crippen LogP contribution in [0.15, 0.2) is 24.3 Å². The molecule has 0 aliphatic carbocycles. The molecule has 1 aromatic carbocycles. The average molecular weight is 242 g/mol. The zero-order chi connectivity index (χ0) is 12.0. The molecule has 1 aromatic rings. The van der Waals surface area contributed by atoms with E-state index in [1.807, 2.05) is 12.1 Å². The normalized spacial score (nSPS) is 11.7. The summed E-state index contributed by atoms with van der Waals surface area (Å²) in [6.07, 6.45) is 0.808. The molecule has 0 bridgehead atoms. The van der Waals surface area contributed by atoms with Crippen LogP contribution in [-0.2, 0) is 19.7 Å². The molecule has 0 unspecified atom stereocenters. The fourth-order valence-electron chi connectivity index (χ4n) is 1.52. The zero-order valence-corrected chi connectivity index (χ0v) is 10.9. The van der Waals surface area contributed by atoms with Crippen molar-refractivity contribution in [3.63, 3.8) is 0 Å². The van der Waals surface area contributed by atoms with Gasteiger partial charge in [-0.25, -0.2) is 0 Å². The molecule has 0 aromatic heterocycles. The van der Waals surface area contributed by atoms with Crippen LogP contribution in [0.3, 0.4) is 0 Å². The van der Waals surface area contributed by atoms with Crippen molar-refractivity contribution in [3.8, 4) is 5.75 Å². The molecular weight excluding hydrogens is 224 g/mol. The van der Waals surface area contributed by atoms with Gasteiger partial charge in [0.2, 0.25) is 0 Å². The van der Waals surface area contributed by atoms with E-state index in [1.165, 1.54) is 0 Å². The Balaban J connectivity index is 2.58. The van der Waals surface area contributed by atoms with Gasteiger partial charge in [-0.1, -0.05) is 12.1 Å². The predicted octanol–water partition coefficient (Wildman–Crippen LogP) is 1.81. The largest absolute Gasteiger partial charge is 0.508 e. The number of hydrogen-bond acceptors (Lipinski definition) is 4. The number of benzene rings is 1. The smallest absolute Gasteiger partial charge is 0.500 e. The molecule has 0 amide bonds. The number of phenolic OH excluding ortho intramolecular Hbond substituents is 1. The van der Waals surface area contributed by atoms with Gasteiger partial charge in [0.25, 0.3) is 0 Å². The summed E-state index contributed by atoms with van der Waals surface area (Å²) in [6.45, 7) is 0. The van der Waals surface area contributed by atoms with Crippen molar-refractivity contribution in [2.24, 2.45) is 0 Å². The number of hydrogen-bond donors (Lipinski definition) is 1. The molecule has 90 valence electrons. The second-order valence-corrected chi connectivity index (χ2v) is 6.55. The lowest BCUT2D eigenvalue weighted by molar-refractivity contribution is 0.123. The van der Waals surface area contributed by atoms with E-state index in [0.717, 1.165) is 18.0 Å². The Hall–Kier alpha value is -0.883. The highest BCUT2D eigenvalue weighted by molar-refractivity contribution is 6.60. The lowest BCUT2D eigenvalue weighted by Crippen LogP contribution is -2.43. The molecular formula is C11H18O4Si. The maximum atomic E-state index is 9.16. The molecule has 0 spiro atoms. The maximum Gasteiger partial charge on any atom is 0.500 e. The SMILES string of the molecule is CO[Si](CCc1ccc(O)cc1)(OC)OC. The van der Waals surface area contributed by atoms with Crippen molar-refractivity contribution >= 4 is 8.80 Å². The highest BCUT2D eigenvalue weighted by atomic mass is 28.4. The summed E-state index contributed by atoms with van der Waals surface area (Å²) < 4.78 is 16.0. The van der Waals surface area contributed by atoms with Gasteiger partial charge in [0.05, 0.1) is 0 Å². The van der Waals surface area contributed by atoms with E-state index < -0.39 is 8.80 Å². The van der Waals surface area contributed by atoms with Gasteiger partial charge < -0.3 is 18.4 Å². The summed E-state index contributed by atoms with van der Waals surface area (Å²) in [5, 5.41) is 9.16. The summed E-state index contributed by atoms with van der Waals surface area (Å²) in [6, 6.07) is 7.84. The molecule has 0 atom stereocenters. The fourth-order valence-corrected chi connectivity index (χ4v) is 3.22. The lowest BCUT2D eigenvalue weighted by Gasteiger charge is -2.24. The van der Waals surface area contributed by atoms with Crippen LogP contribution in [0.25, 0.3) is 0 Å². The van der Waals surface area contributed by atoms with Gasteiger partial charge in [-0.2, -0.15) is 0 Å². The summed E-state index contributed by atoms with van der Waals surface area (Å²) in [5.74, 6) is 0.275. The van der Waals surface area contributed by atoms with Crippen LogP contribution in [0.5, 0.6) is 5.75 Å². The summed E-state index contributed by atoms with van der Waals surface area (Å²) in [4.78, 5) is 0. The fraction of sp³-hybridized carbons (Fsp3) is 0.455. The third-order valence-electron chi connectivity index (χ3n) is 2.59. The molecule has 4 nitrogen and oxygen atoms in total. The topological polar surface area (TPSA) is 47.9 Å². The Morgan fingerprint density at radius 2 is 1.50 bits per heavy atom. The van der Waals surface area contributed by atoms with E-state index >= 15 is 0 Å². The van der Waals surface area contributed by atoms with Crippen LogP contribution in [0.4, 0.5) is 0 Å². The van der Waals surface area contributed by atoms with Crippen LogP contribution in [-0.4, -0.2) is 35.2 Å². The maximum absolute atomic E-state index is 9.16. The van der Waals surface area contributed by atoms with Gasteiger partial charge in [0, 0.05) is 27.4 Å². The van der Waals surface area contributed by atoms with Crippen LogP contribution < -0.4 is 0 Å². The summed E-state index contributed by atoms with van der Waals surface area (Å²) >= 11 is 0. The molecule has 1 N–H and O–H groups in total. The highest BCUT2D eigenvalue weighted by Crippen LogP contribution is 2.18. The van der Waals surface area contributed by atoms with Crippen molar-refractivity contribution in [2.75, 3.05) is 21.3 Å². The van der Waals surface area contributed by atoms with Crippen LogP contribution in [0, 0.1) is 0 Å². The number of aromatic hydroxyl groups is 1. The molecule has 0 saturated heterocycles. The zero-order valence-electron chi connectivity index (χ0n) is 9.90. The second-order valence-electron chi connectivity index (χ2n) is 3.46. The predicted molar refractivity (Wildman–Crippen MR) is 63.4 cm³/mol. The Kier molecular flexibility index (Phi) is 4.95. The van der Waals surface area contributed by atoms with Gasteiger partial charge in [0.15, 0.2) is 0 Å². The monoisotopic (exact) mass is 242 g/mol. The molecule has 0 radical (unpaired) electrons. The molecule has 1 rings (SSSR count). The van der Waals surface area contributed by atoms with Gasteiger partial charge >= 0.3 is 8.80 Å². The van der Waals surface area contributed by atoms with Crippen molar-refractivity contribution in [1.29, 1.82) is 0 Å². The van der Waals surface area contributed by atoms with Gasteiger partial charge in [0.1, 0.15) is 5.75 Å².